The quantitative estimate of drug-likeness (QED) is 0.617. The van der Waals surface area contributed by atoms with E-state index in [0.29, 0.717) is 5.56 Å². The van der Waals surface area contributed by atoms with E-state index in [0.717, 1.165) is 0 Å². The average Bonchev–Trinajstić information content (AvgIpc) is 2.12. The van der Waals surface area contributed by atoms with Crippen LogP contribution in [-0.2, 0) is 6.42 Å². The fourth-order valence-corrected chi connectivity index (χ4v) is 1.02. The minimum atomic E-state index is -0.0435. The molecule has 0 bridgehead atoms. The lowest BCUT2D eigenvalue weighted by Crippen LogP contribution is -1.97. The monoisotopic (exact) mass is 173 g/mol. The van der Waals surface area contributed by atoms with Crippen molar-refractivity contribution in [2.75, 3.05) is 5.73 Å². The van der Waals surface area contributed by atoms with Gasteiger partial charge >= 0.3 is 0 Å². The van der Waals surface area contributed by atoms with Crippen LogP contribution in [0.5, 0.6) is 5.75 Å². The molecule has 0 fully saturated rings. The van der Waals surface area contributed by atoms with Crippen molar-refractivity contribution in [3.8, 4) is 17.9 Å². The first-order valence-electron chi connectivity index (χ1n) is 3.58. The lowest BCUT2D eigenvalue weighted by Gasteiger charge is -2.05. The molecular formula is C9H7N3O. The van der Waals surface area contributed by atoms with Crippen LogP contribution in [0, 0.1) is 22.7 Å². The van der Waals surface area contributed by atoms with Crippen LogP contribution < -0.4 is 5.73 Å². The minimum absolute atomic E-state index is 0.00713. The Bertz CT molecular complexity index is 412. The zero-order valence-electron chi connectivity index (χ0n) is 6.78. The standard InChI is InChI=1S/C9H7N3O/c10-4-3-7-8(13)2-1-6(5-11)9(7)12/h1-2,13H,3,12H2. The first kappa shape index (κ1) is 8.89. The number of phenolic OH excluding ortho intramolecular Hbond substituents is 1. The predicted molar refractivity (Wildman–Crippen MR) is 46.6 cm³/mol. The Balaban J connectivity index is 3.33. The Morgan fingerprint density at radius 1 is 1.38 bits per heavy atom. The first-order chi connectivity index (χ1) is 6.20. The molecule has 3 N–H and O–H groups in total. The van der Waals surface area contributed by atoms with Crippen molar-refractivity contribution in [2.45, 2.75) is 6.42 Å². The molecule has 0 atom stereocenters. The van der Waals surface area contributed by atoms with Crippen molar-refractivity contribution in [1.29, 1.82) is 10.5 Å². The predicted octanol–water partition coefficient (Wildman–Crippen LogP) is 0.912. The highest BCUT2D eigenvalue weighted by atomic mass is 16.3. The Labute approximate surface area is 75.4 Å². The van der Waals surface area contributed by atoms with Crippen LogP contribution in [0.15, 0.2) is 12.1 Å². The van der Waals surface area contributed by atoms with Gasteiger partial charge in [0.25, 0.3) is 0 Å². The minimum Gasteiger partial charge on any atom is -0.508 e. The van der Waals surface area contributed by atoms with E-state index in [1.54, 1.807) is 0 Å². The second kappa shape index (κ2) is 3.46. The molecule has 0 aromatic heterocycles. The number of rotatable bonds is 1. The summed E-state index contributed by atoms with van der Waals surface area (Å²) < 4.78 is 0. The van der Waals surface area contributed by atoms with Gasteiger partial charge in [0.1, 0.15) is 11.8 Å². The SMILES string of the molecule is N#CCc1c(O)ccc(C#N)c1N. The van der Waals surface area contributed by atoms with Crippen molar-refractivity contribution in [2.24, 2.45) is 0 Å². The number of hydrogen-bond donors (Lipinski definition) is 2. The molecule has 1 rings (SSSR count). The first-order valence-corrected chi connectivity index (χ1v) is 3.58. The van der Waals surface area contributed by atoms with Crippen molar-refractivity contribution < 1.29 is 5.11 Å². The number of aromatic hydroxyl groups is 1. The zero-order chi connectivity index (χ0) is 9.84. The number of hydrogen-bond acceptors (Lipinski definition) is 4. The summed E-state index contributed by atoms with van der Waals surface area (Å²) >= 11 is 0. The fourth-order valence-electron chi connectivity index (χ4n) is 1.02. The summed E-state index contributed by atoms with van der Waals surface area (Å²) in [6.07, 6.45) is 0.00713. The van der Waals surface area contributed by atoms with Gasteiger partial charge in [0.15, 0.2) is 0 Å². The summed E-state index contributed by atoms with van der Waals surface area (Å²) in [4.78, 5) is 0. The lowest BCUT2D eigenvalue weighted by atomic mass is 10.0. The third-order valence-electron chi connectivity index (χ3n) is 1.71. The van der Waals surface area contributed by atoms with Crippen LogP contribution in [0.2, 0.25) is 0 Å². The topological polar surface area (TPSA) is 93.8 Å². The van der Waals surface area contributed by atoms with Gasteiger partial charge in [0, 0.05) is 5.56 Å². The Morgan fingerprint density at radius 2 is 2.08 bits per heavy atom. The molecule has 64 valence electrons. The van der Waals surface area contributed by atoms with Gasteiger partial charge in [-0.1, -0.05) is 0 Å². The maximum Gasteiger partial charge on any atom is 0.121 e. The van der Waals surface area contributed by atoms with Crippen LogP contribution in [-0.4, -0.2) is 5.11 Å². The van der Waals surface area contributed by atoms with Crippen LogP contribution in [0.4, 0.5) is 5.69 Å². The van der Waals surface area contributed by atoms with E-state index < -0.39 is 0 Å². The third-order valence-corrected chi connectivity index (χ3v) is 1.71. The summed E-state index contributed by atoms with van der Waals surface area (Å²) in [5.41, 5.74) is 6.33. The number of benzene rings is 1. The zero-order valence-corrected chi connectivity index (χ0v) is 6.78. The van der Waals surface area contributed by atoms with Crippen LogP contribution in [0.25, 0.3) is 0 Å². The number of phenols is 1. The Morgan fingerprint density at radius 3 is 2.62 bits per heavy atom. The molecule has 0 aliphatic carbocycles. The largest absolute Gasteiger partial charge is 0.508 e. The Hall–Kier alpha value is -2.20. The van der Waals surface area contributed by atoms with Gasteiger partial charge < -0.3 is 10.8 Å². The average molecular weight is 173 g/mol. The van der Waals surface area contributed by atoms with Crippen molar-refractivity contribution in [1.82, 2.24) is 0 Å². The summed E-state index contributed by atoms with van der Waals surface area (Å²) in [7, 11) is 0. The molecule has 4 heteroatoms. The molecule has 1 aromatic rings. The highest BCUT2D eigenvalue weighted by Crippen LogP contribution is 2.26. The maximum absolute atomic E-state index is 9.30. The third kappa shape index (κ3) is 1.52. The van der Waals surface area contributed by atoms with E-state index in [2.05, 4.69) is 0 Å². The number of anilines is 1. The molecule has 0 aliphatic rings. The van der Waals surface area contributed by atoms with E-state index in [4.69, 9.17) is 16.3 Å². The molecular weight excluding hydrogens is 166 g/mol. The van der Waals surface area contributed by atoms with Gasteiger partial charge in [-0.05, 0) is 12.1 Å². The van der Waals surface area contributed by atoms with Crippen molar-refractivity contribution >= 4 is 5.69 Å². The number of nitrogens with two attached hydrogens (primary N) is 1. The van der Waals surface area contributed by atoms with Crippen molar-refractivity contribution in [3.63, 3.8) is 0 Å². The number of nitrogens with zero attached hydrogens (tertiary/aromatic N) is 2. The molecule has 0 amide bonds. The maximum atomic E-state index is 9.30. The second-order valence-electron chi connectivity index (χ2n) is 2.47. The fraction of sp³-hybridized carbons (Fsp3) is 0.111. The molecule has 4 nitrogen and oxygen atoms in total. The molecule has 0 radical (unpaired) electrons. The highest BCUT2D eigenvalue weighted by Gasteiger charge is 2.08. The second-order valence-corrected chi connectivity index (χ2v) is 2.47. The van der Waals surface area contributed by atoms with E-state index >= 15 is 0 Å². The molecule has 0 unspecified atom stereocenters. The number of nitrogen functional groups attached to an aromatic ring is 1. The van der Waals surface area contributed by atoms with Gasteiger partial charge in [0.05, 0.1) is 23.7 Å². The van der Waals surface area contributed by atoms with Gasteiger partial charge in [-0.15, -0.1) is 0 Å². The summed E-state index contributed by atoms with van der Waals surface area (Å²) in [5, 5.41) is 26.3. The summed E-state index contributed by atoms with van der Waals surface area (Å²) in [5.74, 6) is -0.0435. The van der Waals surface area contributed by atoms with E-state index in [-0.39, 0.29) is 23.4 Å². The lowest BCUT2D eigenvalue weighted by molar-refractivity contribution is 0.470. The number of nitriles is 2. The van der Waals surface area contributed by atoms with E-state index in [9.17, 15) is 5.11 Å². The van der Waals surface area contributed by atoms with Crippen molar-refractivity contribution in [3.05, 3.63) is 23.3 Å². The van der Waals surface area contributed by atoms with Crippen LogP contribution in [0.3, 0.4) is 0 Å². The van der Waals surface area contributed by atoms with E-state index in [1.165, 1.54) is 12.1 Å². The highest BCUT2D eigenvalue weighted by molar-refractivity contribution is 5.64. The van der Waals surface area contributed by atoms with Crippen LogP contribution >= 0.6 is 0 Å². The molecule has 0 heterocycles. The summed E-state index contributed by atoms with van der Waals surface area (Å²) in [6.45, 7) is 0. The molecule has 0 aliphatic heterocycles. The van der Waals surface area contributed by atoms with Gasteiger partial charge in [-0.2, -0.15) is 10.5 Å². The van der Waals surface area contributed by atoms with Gasteiger partial charge in [-0.25, -0.2) is 0 Å². The molecule has 0 saturated heterocycles. The van der Waals surface area contributed by atoms with Gasteiger partial charge in [-0.3, -0.25) is 0 Å². The molecule has 0 spiro atoms. The molecule has 0 saturated carbocycles. The van der Waals surface area contributed by atoms with E-state index in [1.807, 2.05) is 12.1 Å². The van der Waals surface area contributed by atoms with Crippen LogP contribution in [0.1, 0.15) is 11.1 Å². The molecule has 1 aromatic carbocycles. The normalized spacial score (nSPS) is 8.77. The Kier molecular flexibility index (Phi) is 2.37. The summed E-state index contributed by atoms with van der Waals surface area (Å²) in [6, 6.07) is 6.53. The van der Waals surface area contributed by atoms with Gasteiger partial charge in [0.2, 0.25) is 0 Å². The molecule has 13 heavy (non-hydrogen) atoms. The smallest absolute Gasteiger partial charge is 0.121 e.